The smallest absolute Gasteiger partial charge is 0.257 e. The molecular weight excluding hydrogens is 576 g/mol. The largest absolute Gasteiger partial charge is 0.381 e. The summed E-state index contributed by atoms with van der Waals surface area (Å²) in [7, 11) is 0.776. The van der Waals surface area contributed by atoms with Crippen molar-refractivity contribution in [3.63, 3.8) is 0 Å². The molecule has 3 rings (SSSR count). The molecule has 0 saturated carbocycles. The quantitative estimate of drug-likeness (QED) is 0.158. The fourth-order valence-corrected chi connectivity index (χ4v) is 3.60. The Morgan fingerprint density at radius 3 is 1.00 bits per heavy atom. The van der Waals surface area contributed by atoms with Gasteiger partial charge in [0.15, 0.2) is 81.4 Å². The predicted molar refractivity (Wildman–Crippen MR) is 104 cm³/mol. The van der Waals surface area contributed by atoms with Crippen LogP contribution in [0.15, 0.2) is 6.08 Å². The highest BCUT2D eigenvalue weighted by Crippen LogP contribution is 2.32. The van der Waals surface area contributed by atoms with Crippen LogP contribution >= 0.6 is 0 Å². The van der Waals surface area contributed by atoms with Gasteiger partial charge in [-0.1, -0.05) is 11.5 Å². The molecule has 0 atom stereocenters. The molecule has 0 aliphatic carbocycles. The Kier molecular flexibility index (Phi) is 8.33. The molecule has 208 valence electrons. The molecule has 3 aromatic rings. The van der Waals surface area contributed by atoms with Crippen LogP contribution in [0.3, 0.4) is 0 Å². The normalized spacial score (nSPS) is 11.9. The summed E-state index contributed by atoms with van der Waals surface area (Å²) in [4.78, 5) is 0. The van der Waals surface area contributed by atoms with E-state index >= 15 is 0 Å². The second-order valence-electron chi connectivity index (χ2n) is 7.46. The molecule has 17 heteroatoms. The standard InChI is InChI=1S/C22H6BF15O/c1-39-3-2-4(5-8(24)14(30)20(36)15(31)9(5)25)23(6-10(26)16(32)21(37)17(33)11(6)27)7-12(28)18(34)22(38)19(35)13(7)29/h2H,3H2,1H3/b4-2-. The molecule has 39 heavy (non-hydrogen) atoms. The monoisotopic (exact) mass is 582 g/mol. The van der Waals surface area contributed by atoms with Gasteiger partial charge in [-0.25, -0.2) is 65.9 Å². The van der Waals surface area contributed by atoms with Crippen LogP contribution in [0.4, 0.5) is 65.9 Å². The Labute approximate surface area is 207 Å². The summed E-state index contributed by atoms with van der Waals surface area (Å²) >= 11 is 0. The molecule has 0 radical (unpaired) electrons. The molecule has 0 unspecified atom stereocenters. The van der Waals surface area contributed by atoms with Gasteiger partial charge in [0, 0.05) is 23.6 Å². The molecule has 0 aromatic heterocycles. The average molecular weight is 582 g/mol. The molecule has 0 saturated heterocycles. The fourth-order valence-electron chi connectivity index (χ4n) is 3.60. The van der Waals surface area contributed by atoms with Gasteiger partial charge in [-0.15, -0.1) is 0 Å². The van der Waals surface area contributed by atoms with Crippen molar-refractivity contribution in [3.8, 4) is 0 Å². The maximum atomic E-state index is 14.8. The molecular formula is C22H6BF15O. The Bertz CT molecular complexity index is 1380. The van der Waals surface area contributed by atoms with E-state index in [1.165, 1.54) is 0 Å². The van der Waals surface area contributed by atoms with Crippen LogP contribution in [0.25, 0.3) is 5.47 Å². The summed E-state index contributed by atoms with van der Waals surface area (Å²) in [5.41, 5.74) is -9.11. The molecule has 0 N–H and O–H groups in total. The number of hydrogen-bond donors (Lipinski definition) is 0. The van der Waals surface area contributed by atoms with E-state index in [1.807, 2.05) is 0 Å². The zero-order chi connectivity index (χ0) is 29.7. The van der Waals surface area contributed by atoms with E-state index in [2.05, 4.69) is 4.74 Å². The predicted octanol–water partition coefficient (Wildman–Crippen LogP) is 5.65. The van der Waals surface area contributed by atoms with Gasteiger partial charge in [-0.3, -0.25) is 0 Å². The van der Waals surface area contributed by atoms with E-state index in [1.54, 1.807) is 0 Å². The number of rotatable bonds is 6. The minimum Gasteiger partial charge on any atom is -0.381 e. The first-order chi connectivity index (χ1) is 18.1. The van der Waals surface area contributed by atoms with Gasteiger partial charge in [-0.05, 0) is 0 Å². The summed E-state index contributed by atoms with van der Waals surface area (Å²) in [6.45, 7) is -4.72. The first kappa shape index (κ1) is 29.9. The van der Waals surface area contributed by atoms with Gasteiger partial charge >= 0.3 is 0 Å². The fraction of sp³-hybridized carbons (Fsp3) is 0.0909. The average Bonchev–Trinajstić information content (AvgIpc) is 2.91. The molecule has 0 heterocycles. The molecule has 0 fully saturated rings. The number of halogens is 15. The number of benzene rings is 3. The third kappa shape index (κ3) is 4.61. The molecule has 3 aromatic carbocycles. The molecule has 0 amide bonds. The zero-order valence-corrected chi connectivity index (χ0v) is 18.4. The third-order valence-electron chi connectivity index (χ3n) is 5.34. The van der Waals surface area contributed by atoms with Gasteiger partial charge in [0.05, 0.1) is 6.61 Å². The van der Waals surface area contributed by atoms with E-state index in [0.717, 1.165) is 7.11 Å². The minimum absolute atomic E-state index is 0.0963. The second-order valence-corrected chi connectivity index (χ2v) is 7.46. The maximum absolute atomic E-state index is 14.8. The van der Waals surface area contributed by atoms with Crippen LogP contribution < -0.4 is 10.9 Å². The summed E-state index contributed by atoms with van der Waals surface area (Å²) in [5.74, 6) is -43.3. The second kappa shape index (κ2) is 10.9. The van der Waals surface area contributed by atoms with Gasteiger partial charge in [0.1, 0.15) is 0 Å². The highest BCUT2D eigenvalue weighted by molar-refractivity contribution is 6.99. The molecule has 0 spiro atoms. The summed E-state index contributed by atoms with van der Waals surface area (Å²) in [5, 5.41) is 0. The molecule has 0 bridgehead atoms. The van der Waals surface area contributed by atoms with E-state index in [0.29, 0.717) is 0 Å². The topological polar surface area (TPSA) is 9.23 Å². The first-order valence-electron chi connectivity index (χ1n) is 9.84. The number of hydrogen-bond acceptors (Lipinski definition) is 1. The molecule has 0 aliphatic rings. The van der Waals surface area contributed by atoms with Crippen molar-refractivity contribution in [2.24, 2.45) is 0 Å². The van der Waals surface area contributed by atoms with E-state index < -0.39 is 123 Å². The lowest BCUT2D eigenvalue weighted by molar-refractivity contribution is 0.234. The SMILES string of the molecule is COC/C=C(\B(c1c(F)c(F)c(F)c(F)c1F)c1c(F)c(F)c(F)c(F)c1F)c1c(F)c(F)c(F)c(F)c1F. The lowest BCUT2D eigenvalue weighted by Gasteiger charge is -2.23. The van der Waals surface area contributed by atoms with Crippen molar-refractivity contribution >= 4 is 23.1 Å². The lowest BCUT2D eigenvalue weighted by atomic mass is 9.34. The zero-order valence-electron chi connectivity index (χ0n) is 18.4. The van der Waals surface area contributed by atoms with Crippen LogP contribution in [0, 0.1) is 87.3 Å². The Morgan fingerprint density at radius 1 is 0.462 bits per heavy atom. The highest BCUT2D eigenvalue weighted by Gasteiger charge is 2.44. The van der Waals surface area contributed by atoms with Gasteiger partial charge in [0.25, 0.3) is 6.71 Å². The molecule has 0 aliphatic heterocycles. The van der Waals surface area contributed by atoms with Crippen molar-refractivity contribution < 1.29 is 70.6 Å². The summed E-state index contributed by atoms with van der Waals surface area (Å²) in [6.07, 6.45) is 0.0963. The van der Waals surface area contributed by atoms with E-state index in [4.69, 9.17) is 0 Å². The summed E-state index contributed by atoms with van der Waals surface area (Å²) < 4.78 is 218. The van der Waals surface area contributed by atoms with Crippen molar-refractivity contribution in [2.75, 3.05) is 13.7 Å². The van der Waals surface area contributed by atoms with Crippen molar-refractivity contribution in [1.29, 1.82) is 0 Å². The van der Waals surface area contributed by atoms with Crippen molar-refractivity contribution in [1.82, 2.24) is 0 Å². The van der Waals surface area contributed by atoms with Crippen LogP contribution in [-0.4, -0.2) is 20.4 Å². The Balaban J connectivity index is 2.69. The van der Waals surface area contributed by atoms with E-state index in [-0.39, 0.29) is 6.08 Å². The van der Waals surface area contributed by atoms with E-state index in [9.17, 15) is 65.9 Å². The third-order valence-corrected chi connectivity index (χ3v) is 5.34. The maximum Gasteiger partial charge on any atom is 0.257 e. The minimum atomic E-state index is -3.62. The highest BCUT2D eigenvalue weighted by atomic mass is 19.2. The Hall–Kier alpha value is -3.63. The van der Waals surface area contributed by atoms with Crippen LogP contribution in [0.2, 0.25) is 0 Å². The lowest BCUT2D eigenvalue weighted by Crippen LogP contribution is -2.52. The van der Waals surface area contributed by atoms with Gasteiger partial charge < -0.3 is 4.74 Å². The van der Waals surface area contributed by atoms with Crippen LogP contribution in [-0.2, 0) is 4.74 Å². The van der Waals surface area contributed by atoms with Gasteiger partial charge in [0.2, 0.25) is 5.82 Å². The Morgan fingerprint density at radius 2 is 0.718 bits per heavy atom. The van der Waals surface area contributed by atoms with Gasteiger partial charge in [-0.2, -0.15) is 0 Å². The van der Waals surface area contributed by atoms with Crippen molar-refractivity contribution in [2.45, 2.75) is 0 Å². The van der Waals surface area contributed by atoms with Crippen LogP contribution in [0.1, 0.15) is 5.56 Å². The molecule has 1 nitrogen and oxygen atoms in total. The van der Waals surface area contributed by atoms with Crippen molar-refractivity contribution in [3.05, 3.63) is 98.9 Å². The van der Waals surface area contributed by atoms with Crippen LogP contribution in [0.5, 0.6) is 0 Å². The first-order valence-corrected chi connectivity index (χ1v) is 9.84. The number of ether oxygens (including phenoxy) is 1. The summed E-state index contributed by atoms with van der Waals surface area (Å²) in [6, 6.07) is 0. The number of methoxy groups -OCH3 is 1.